The minimum Gasteiger partial charge on any atom is -0.342 e. The van der Waals surface area contributed by atoms with Crippen molar-refractivity contribution in [2.75, 3.05) is 7.05 Å². The van der Waals surface area contributed by atoms with Gasteiger partial charge in [-0.05, 0) is 48.9 Å². The van der Waals surface area contributed by atoms with Gasteiger partial charge < -0.3 is 9.88 Å². The van der Waals surface area contributed by atoms with Gasteiger partial charge in [0, 0.05) is 31.5 Å². The summed E-state index contributed by atoms with van der Waals surface area (Å²) in [6.45, 7) is 2.42. The van der Waals surface area contributed by atoms with E-state index in [1.807, 2.05) is 68.7 Å². The zero-order valence-corrected chi connectivity index (χ0v) is 14.7. The molecule has 6 nitrogen and oxygen atoms in total. The normalized spacial score (nSPS) is 11.0. The van der Waals surface area contributed by atoms with E-state index >= 15 is 0 Å². The van der Waals surface area contributed by atoms with Gasteiger partial charge in [-0.2, -0.15) is 5.10 Å². The molecular formula is C20H19N5O. The highest BCUT2D eigenvalue weighted by Gasteiger charge is 2.14. The average Bonchev–Trinajstić information content (AvgIpc) is 3.29. The van der Waals surface area contributed by atoms with Crippen LogP contribution in [0.4, 0.5) is 0 Å². The molecule has 0 bridgehead atoms. The minimum absolute atomic E-state index is 0.0244. The van der Waals surface area contributed by atoms with Gasteiger partial charge in [0.2, 0.25) is 0 Å². The summed E-state index contributed by atoms with van der Waals surface area (Å²) in [5.41, 5.74) is 4.41. The first kappa shape index (κ1) is 16.1. The van der Waals surface area contributed by atoms with E-state index in [-0.39, 0.29) is 5.91 Å². The van der Waals surface area contributed by atoms with Crippen molar-refractivity contribution in [1.29, 1.82) is 0 Å². The first-order chi connectivity index (χ1) is 12.6. The van der Waals surface area contributed by atoms with Gasteiger partial charge in [0.05, 0.1) is 16.7 Å². The molecule has 0 fully saturated rings. The van der Waals surface area contributed by atoms with Gasteiger partial charge in [0.1, 0.15) is 5.82 Å². The molecule has 2 heterocycles. The SMILES string of the molecule is Cc1nc2ccc(C(=O)N(C)Cc3cccc(-n4cccn4)c3)cc2[nH]1. The third-order valence-corrected chi connectivity index (χ3v) is 4.29. The number of fused-ring (bicyclic) bond motifs is 1. The highest BCUT2D eigenvalue weighted by Crippen LogP contribution is 2.17. The topological polar surface area (TPSA) is 66.8 Å². The number of imidazole rings is 1. The molecule has 26 heavy (non-hydrogen) atoms. The standard InChI is InChI=1S/C20H19N5O/c1-14-22-18-8-7-16(12-19(18)23-14)20(26)24(2)13-15-5-3-6-17(11-15)25-10-4-9-21-25/h3-12H,13H2,1-2H3,(H,22,23). The van der Waals surface area contributed by atoms with Crippen LogP contribution in [0, 0.1) is 6.92 Å². The van der Waals surface area contributed by atoms with Gasteiger partial charge in [-0.15, -0.1) is 0 Å². The number of H-pyrrole nitrogens is 1. The van der Waals surface area contributed by atoms with Gasteiger partial charge >= 0.3 is 0 Å². The lowest BCUT2D eigenvalue weighted by molar-refractivity contribution is 0.0785. The van der Waals surface area contributed by atoms with E-state index in [2.05, 4.69) is 15.1 Å². The van der Waals surface area contributed by atoms with Gasteiger partial charge in [-0.25, -0.2) is 9.67 Å². The maximum absolute atomic E-state index is 12.8. The molecule has 6 heteroatoms. The van der Waals surface area contributed by atoms with Crippen LogP contribution in [0.15, 0.2) is 60.9 Å². The molecule has 0 spiro atoms. The Bertz CT molecular complexity index is 1060. The highest BCUT2D eigenvalue weighted by atomic mass is 16.2. The maximum Gasteiger partial charge on any atom is 0.253 e. The summed E-state index contributed by atoms with van der Waals surface area (Å²) >= 11 is 0. The second-order valence-electron chi connectivity index (χ2n) is 6.34. The minimum atomic E-state index is -0.0244. The molecule has 0 aliphatic heterocycles. The first-order valence-corrected chi connectivity index (χ1v) is 8.41. The molecule has 130 valence electrons. The Hall–Kier alpha value is -3.41. The van der Waals surface area contributed by atoms with Gasteiger partial charge in [0.15, 0.2) is 0 Å². The van der Waals surface area contributed by atoms with Crippen LogP contribution in [-0.4, -0.2) is 37.6 Å². The molecule has 2 aromatic heterocycles. The third kappa shape index (κ3) is 3.09. The molecule has 0 saturated heterocycles. The number of nitrogens with zero attached hydrogens (tertiary/aromatic N) is 4. The zero-order valence-electron chi connectivity index (χ0n) is 14.7. The molecule has 0 radical (unpaired) electrons. The van der Waals surface area contributed by atoms with Crippen molar-refractivity contribution in [3.05, 3.63) is 77.9 Å². The van der Waals surface area contributed by atoms with E-state index in [1.165, 1.54) is 0 Å². The number of aryl methyl sites for hydroxylation is 1. The number of amides is 1. The number of nitrogens with one attached hydrogen (secondary N) is 1. The van der Waals surface area contributed by atoms with Crippen LogP contribution < -0.4 is 0 Å². The molecule has 1 N–H and O–H groups in total. The summed E-state index contributed by atoms with van der Waals surface area (Å²) in [6.07, 6.45) is 3.64. The fraction of sp³-hybridized carbons (Fsp3) is 0.150. The summed E-state index contributed by atoms with van der Waals surface area (Å²) in [7, 11) is 1.81. The number of hydrogen-bond acceptors (Lipinski definition) is 3. The van der Waals surface area contributed by atoms with Gasteiger partial charge in [-0.3, -0.25) is 4.79 Å². The summed E-state index contributed by atoms with van der Waals surface area (Å²) < 4.78 is 1.81. The predicted molar refractivity (Wildman–Crippen MR) is 100 cm³/mol. The van der Waals surface area contributed by atoms with Crippen LogP contribution in [0.2, 0.25) is 0 Å². The van der Waals surface area contributed by atoms with E-state index in [0.717, 1.165) is 28.1 Å². The fourth-order valence-corrected chi connectivity index (χ4v) is 3.06. The molecule has 4 rings (SSSR count). The van der Waals surface area contributed by atoms with Crippen LogP contribution in [0.3, 0.4) is 0 Å². The van der Waals surface area contributed by atoms with Crippen molar-refractivity contribution in [2.24, 2.45) is 0 Å². The number of carbonyl (C=O) groups is 1. The lowest BCUT2D eigenvalue weighted by Gasteiger charge is -2.18. The third-order valence-electron chi connectivity index (χ3n) is 4.29. The molecule has 0 unspecified atom stereocenters. The lowest BCUT2D eigenvalue weighted by atomic mass is 10.1. The van der Waals surface area contributed by atoms with Crippen LogP contribution in [-0.2, 0) is 6.54 Å². The molecular weight excluding hydrogens is 326 g/mol. The van der Waals surface area contributed by atoms with Crippen molar-refractivity contribution in [3.8, 4) is 5.69 Å². The largest absolute Gasteiger partial charge is 0.342 e. The monoisotopic (exact) mass is 345 g/mol. The number of carbonyl (C=O) groups excluding carboxylic acids is 1. The molecule has 0 aliphatic carbocycles. The molecule has 0 aliphatic rings. The summed E-state index contributed by atoms with van der Waals surface area (Å²) in [5, 5.41) is 4.25. The molecule has 1 amide bonds. The number of aromatic nitrogens is 4. The Kier molecular flexibility index (Phi) is 4.01. The highest BCUT2D eigenvalue weighted by molar-refractivity contribution is 5.97. The van der Waals surface area contributed by atoms with E-state index < -0.39 is 0 Å². The first-order valence-electron chi connectivity index (χ1n) is 8.41. The molecule has 0 atom stereocenters. The number of benzene rings is 2. The molecule has 4 aromatic rings. The van der Waals surface area contributed by atoms with E-state index in [9.17, 15) is 4.79 Å². The number of rotatable bonds is 4. The van der Waals surface area contributed by atoms with Gasteiger partial charge in [0.25, 0.3) is 5.91 Å². The molecule has 2 aromatic carbocycles. The predicted octanol–water partition coefficient (Wildman–Crippen LogP) is 3.33. The average molecular weight is 345 g/mol. The summed E-state index contributed by atoms with van der Waals surface area (Å²) in [4.78, 5) is 22.0. The summed E-state index contributed by atoms with van der Waals surface area (Å²) in [5.74, 6) is 0.817. The summed E-state index contributed by atoms with van der Waals surface area (Å²) in [6, 6.07) is 15.5. The zero-order chi connectivity index (χ0) is 18.1. The Morgan fingerprint density at radius 2 is 2.08 bits per heavy atom. The van der Waals surface area contributed by atoms with Crippen molar-refractivity contribution >= 4 is 16.9 Å². The van der Waals surface area contributed by atoms with Crippen LogP contribution in [0.25, 0.3) is 16.7 Å². The van der Waals surface area contributed by atoms with Crippen LogP contribution >= 0.6 is 0 Å². The van der Waals surface area contributed by atoms with Crippen LogP contribution in [0.1, 0.15) is 21.7 Å². The molecule has 0 saturated carbocycles. The quantitative estimate of drug-likeness (QED) is 0.617. The maximum atomic E-state index is 12.8. The number of hydrogen-bond donors (Lipinski definition) is 1. The van der Waals surface area contributed by atoms with Crippen molar-refractivity contribution in [3.63, 3.8) is 0 Å². The Balaban J connectivity index is 1.54. The fourth-order valence-electron chi connectivity index (χ4n) is 3.06. The van der Waals surface area contributed by atoms with E-state index in [4.69, 9.17) is 0 Å². The van der Waals surface area contributed by atoms with Crippen molar-refractivity contribution in [1.82, 2.24) is 24.6 Å². The van der Waals surface area contributed by atoms with Crippen LogP contribution in [0.5, 0.6) is 0 Å². The Morgan fingerprint density at radius 1 is 1.19 bits per heavy atom. The van der Waals surface area contributed by atoms with E-state index in [1.54, 1.807) is 15.8 Å². The van der Waals surface area contributed by atoms with E-state index in [0.29, 0.717) is 12.1 Å². The Labute approximate surface area is 151 Å². The Morgan fingerprint density at radius 3 is 2.88 bits per heavy atom. The smallest absolute Gasteiger partial charge is 0.253 e. The van der Waals surface area contributed by atoms with Gasteiger partial charge in [-0.1, -0.05) is 12.1 Å². The lowest BCUT2D eigenvalue weighted by Crippen LogP contribution is -2.26. The second kappa shape index (κ2) is 6.48. The number of aromatic amines is 1. The van der Waals surface area contributed by atoms with Crippen molar-refractivity contribution < 1.29 is 4.79 Å². The van der Waals surface area contributed by atoms with Crippen molar-refractivity contribution in [2.45, 2.75) is 13.5 Å². The second-order valence-corrected chi connectivity index (χ2v) is 6.34.